The highest BCUT2D eigenvalue weighted by Crippen LogP contribution is 2.37. The summed E-state index contributed by atoms with van der Waals surface area (Å²) in [7, 11) is 1.29. The van der Waals surface area contributed by atoms with Crippen LogP contribution in [0.5, 0.6) is 0 Å². The number of carboxylic acids is 1. The number of aromatic nitrogens is 2. The Labute approximate surface area is 198 Å². The fourth-order valence-corrected chi connectivity index (χ4v) is 4.59. The number of nitrogens with two attached hydrogens (primary N) is 1. The van der Waals surface area contributed by atoms with Crippen molar-refractivity contribution in [1.82, 2.24) is 15.2 Å². The van der Waals surface area contributed by atoms with Gasteiger partial charge in [-0.25, -0.2) is 9.78 Å². The number of carbonyl (C=O) groups is 3. The largest absolute Gasteiger partial charge is 0.870 e. The number of anilines is 1. The molecule has 2 aromatic rings. The average molecular weight is 489 g/mol. The number of rotatable bonds is 6. The molecule has 2 atom stereocenters. The Morgan fingerprint density at radius 2 is 2.12 bits per heavy atom. The van der Waals surface area contributed by atoms with Gasteiger partial charge in [-0.3, -0.25) is 14.5 Å². The molecular formula is C21H24N6O6S. The molecule has 1 fully saturated rings. The van der Waals surface area contributed by atoms with Crippen LogP contribution in [0.25, 0.3) is 5.70 Å². The molecule has 0 spiro atoms. The van der Waals surface area contributed by atoms with E-state index in [0.717, 1.165) is 22.5 Å². The van der Waals surface area contributed by atoms with Gasteiger partial charge in [0.25, 0.3) is 11.8 Å². The molecule has 0 bridgehead atoms. The molecule has 34 heavy (non-hydrogen) atoms. The number of β-lactam (4-membered cyclic amide) rings is 1. The summed E-state index contributed by atoms with van der Waals surface area (Å²) in [4.78, 5) is 48.0. The van der Waals surface area contributed by atoms with E-state index in [2.05, 4.69) is 15.5 Å². The molecule has 1 saturated heterocycles. The van der Waals surface area contributed by atoms with E-state index in [1.54, 1.807) is 16.1 Å². The normalized spacial score (nSPS) is 19.7. The maximum absolute atomic E-state index is 13.0. The van der Waals surface area contributed by atoms with Crippen LogP contribution in [-0.4, -0.2) is 63.2 Å². The van der Waals surface area contributed by atoms with Crippen molar-refractivity contribution in [2.75, 3.05) is 12.8 Å². The zero-order valence-electron chi connectivity index (χ0n) is 18.7. The van der Waals surface area contributed by atoms with Crippen molar-refractivity contribution in [3.05, 3.63) is 46.4 Å². The van der Waals surface area contributed by atoms with Crippen LogP contribution in [0.4, 0.5) is 5.13 Å². The number of oxime groups is 1. The van der Waals surface area contributed by atoms with Gasteiger partial charge in [-0.2, -0.15) is 4.57 Å². The Hall–Kier alpha value is -3.84. The molecule has 180 valence electrons. The van der Waals surface area contributed by atoms with Crippen LogP contribution in [0.3, 0.4) is 0 Å². The highest BCUT2D eigenvalue weighted by molar-refractivity contribution is 7.13. The predicted molar refractivity (Wildman–Crippen MR) is 121 cm³/mol. The second-order valence-electron chi connectivity index (χ2n) is 7.78. The minimum atomic E-state index is -1.20. The summed E-state index contributed by atoms with van der Waals surface area (Å²) < 4.78 is 1.75. The van der Waals surface area contributed by atoms with Crippen LogP contribution in [0.1, 0.15) is 29.7 Å². The molecule has 2 aliphatic rings. The first-order valence-corrected chi connectivity index (χ1v) is 11.0. The molecule has 0 aromatic carbocycles. The Balaban J connectivity index is 0.00000324. The van der Waals surface area contributed by atoms with E-state index in [0.29, 0.717) is 18.5 Å². The number of allylic oxidation sites excluding steroid dienone is 1. The fourth-order valence-electron chi connectivity index (χ4n) is 4.04. The van der Waals surface area contributed by atoms with E-state index < -0.39 is 29.9 Å². The molecule has 13 heteroatoms. The van der Waals surface area contributed by atoms with Crippen molar-refractivity contribution in [2.45, 2.75) is 38.8 Å². The lowest BCUT2D eigenvalue weighted by atomic mass is 9.85. The molecule has 2 aromatic heterocycles. The number of carbonyl (C=O) groups excluding carboxylic acids is 2. The summed E-state index contributed by atoms with van der Waals surface area (Å²) in [6.45, 7) is 3.91. The standard InChI is InChI=1S/C21H22N6O5S.H2O/c1-10-6-7-26(8-11(10)2)14-5-4-13-16(19(29)27(13)17(14)20(30)31)24-18(28)15(25-32-3)12-9-33-21(22)23-12;/h6-9,13,16H,4-5H2,1-3H3,(H3-,22,23,24,28,30,31);1H2/t13?,16-;/m0./s1. The molecule has 2 aliphatic heterocycles. The van der Waals surface area contributed by atoms with Crippen LogP contribution >= 0.6 is 11.3 Å². The summed E-state index contributed by atoms with van der Waals surface area (Å²) in [6, 6.07) is 0.542. The number of fused-ring (bicyclic) bond motifs is 1. The highest BCUT2D eigenvalue weighted by atomic mass is 32.1. The van der Waals surface area contributed by atoms with Gasteiger partial charge in [0.2, 0.25) is 5.70 Å². The van der Waals surface area contributed by atoms with Crippen molar-refractivity contribution >= 4 is 45.7 Å². The number of carboxylic acid groups (broad SMARTS) is 1. The molecular weight excluding hydrogens is 464 g/mol. The Kier molecular flexibility index (Phi) is 6.98. The minimum Gasteiger partial charge on any atom is -0.870 e. The van der Waals surface area contributed by atoms with Crippen LogP contribution in [0, 0.1) is 13.8 Å². The smallest absolute Gasteiger partial charge is 0.359 e. The molecule has 1 unspecified atom stereocenters. The molecule has 12 nitrogen and oxygen atoms in total. The van der Waals surface area contributed by atoms with Crippen molar-refractivity contribution < 1.29 is 34.4 Å². The fraction of sp³-hybridized carbons (Fsp3) is 0.333. The summed E-state index contributed by atoms with van der Waals surface area (Å²) >= 11 is 1.14. The predicted octanol–water partition coefficient (Wildman–Crippen LogP) is 0.246. The van der Waals surface area contributed by atoms with Gasteiger partial charge in [0.05, 0.1) is 6.04 Å². The number of pyridine rings is 1. The average Bonchev–Trinajstić information content (AvgIpc) is 3.22. The molecule has 0 radical (unpaired) electrons. The molecule has 0 aliphatic carbocycles. The Morgan fingerprint density at radius 3 is 2.71 bits per heavy atom. The molecule has 0 saturated carbocycles. The van der Waals surface area contributed by atoms with Gasteiger partial charge < -0.3 is 26.5 Å². The zero-order chi connectivity index (χ0) is 23.9. The van der Waals surface area contributed by atoms with E-state index in [9.17, 15) is 19.5 Å². The van der Waals surface area contributed by atoms with Gasteiger partial charge in [0, 0.05) is 23.4 Å². The van der Waals surface area contributed by atoms with Gasteiger partial charge in [0.15, 0.2) is 28.9 Å². The number of aryl methyl sites for hydroxylation is 2. The first kappa shape index (κ1) is 24.8. The van der Waals surface area contributed by atoms with Crippen LogP contribution < -0.4 is 15.6 Å². The van der Waals surface area contributed by atoms with E-state index in [-0.39, 0.29) is 27.7 Å². The van der Waals surface area contributed by atoms with Gasteiger partial charge in [-0.05, 0) is 25.8 Å². The van der Waals surface area contributed by atoms with Gasteiger partial charge in [-0.1, -0.05) is 5.16 Å². The van der Waals surface area contributed by atoms with E-state index in [1.807, 2.05) is 26.1 Å². The zero-order valence-corrected chi connectivity index (χ0v) is 19.5. The van der Waals surface area contributed by atoms with Crippen LogP contribution in [0.2, 0.25) is 0 Å². The van der Waals surface area contributed by atoms with Gasteiger partial charge >= 0.3 is 5.97 Å². The van der Waals surface area contributed by atoms with Crippen molar-refractivity contribution in [3.8, 4) is 0 Å². The molecule has 4 rings (SSSR count). The SMILES string of the molecule is CON=C(C(=O)N[C@@H]1C(=O)N2C(C(=O)O)=C([n+]3ccc(C)c(C)c3)CCC12)c1csc(N)n1.[OH-]. The Morgan fingerprint density at radius 1 is 1.38 bits per heavy atom. The van der Waals surface area contributed by atoms with Crippen molar-refractivity contribution in [1.29, 1.82) is 0 Å². The lowest BCUT2D eigenvalue weighted by Gasteiger charge is -2.48. The Bertz CT molecular complexity index is 1220. The molecule has 5 N–H and O–H groups in total. The maximum Gasteiger partial charge on any atom is 0.359 e. The number of amides is 2. The van der Waals surface area contributed by atoms with E-state index in [1.165, 1.54) is 12.0 Å². The van der Waals surface area contributed by atoms with E-state index >= 15 is 0 Å². The maximum atomic E-state index is 13.0. The first-order valence-electron chi connectivity index (χ1n) is 10.1. The molecule has 2 amide bonds. The quantitative estimate of drug-likeness (QED) is 0.224. The van der Waals surface area contributed by atoms with Crippen molar-refractivity contribution in [3.63, 3.8) is 0 Å². The highest BCUT2D eigenvalue weighted by Gasteiger charge is 2.55. The number of thiazole rings is 1. The number of nitrogens with one attached hydrogen (secondary N) is 1. The number of hydrogen-bond acceptors (Lipinski definition) is 9. The number of hydrogen-bond donors (Lipinski definition) is 3. The second kappa shape index (κ2) is 9.57. The third kappa shape index (κ3) is 4.22. The summed E-state index contributed by atoms with van der Waals surface area (Å²) in [5.74, 6) is -2.35. The van der Waals surface area contributed by atoms with Crippen LogP contribution in [0.15, 0.2) is 34.7 Å². The lowest BCUT2D eigenvalue weighted by molar-refractivity contribution is -0.585. The first-order chi connectivity index (χ1) is 15.7. The summed E-state index contributed by atoms with van der Waals surface area (Å²) in [5.41, 5.74) is 8.28. The third-order valence-electron chi connectivity index (χ3n) is 5.81. The number of nitrogens with zero attached hydrogens (tertiary/aromatic N) is 4. The van der Waals surface area contributed by atoms with Gasteiger partial charge in [0.1, 0.15) is 18.8 Å². The topological polar surface area (TPSA) is 181 Å². The third-order valence-corrected chi connectivity index (χ3v) is 6.49. The number of nitrogen functional groups attached to an aromatic ring is 1. The van der Waals surface area contributed by atoms with E-state index in [4.69, 9.17) is 10.6 Å². The number of aliphatic carboxylic acids is 1. The summed E-state index contributed by atoms with van der Waals surface area (Å²) in [5, 5.41) is 18.1. The lowest BCUT2D eigenvalue weighted by Crippen LogP contribution is -2.72. The second-order valence-corrected chi connectivity index (χ2v) is 8.67. The summed E-state index contributed by atoms with van der Waals surface area (Å²) in [6.07, 6.45) is 4.56. The van der Waals surface area contributed by atoms with Crippen molar-refractivity contribution in [2.24, 2.45) is 5.16 Å². The minimum absolute atomic E-state index is 0. The van der Waals surface area contributed by atoms with Gasteiger partial charge in [-0.15, -0.1) is 11.3 Å². The monoisotopic (exact) mass is 488 g/mol. The van der Waals surface area contributed by atoms with Crippen LogP contribution in [-0.2, 0) is 19.2 Å². The molecule has 4 heterocycles.